The average Bonchev–Trinajstić information content (AvgIpc) is 0.795. The summed E-state index contributed by atoms with van der Waals surface area (Å²) < 4.78 is 808. The van der Waals surface area contributed by atoms with Crippen molar-refractivity contribution in [1.29, 1.82) is 0 Å². The summed E-state index contributed by atoms with van der Waals surface area (Å²) >= 11 is 0. The van der Waals surface area contributed by atoms with Gasteiger partial charge in [0.1, 0.15) is 17.2 Å². The molecule has 0 atom stereocenters. The second kappa shape index (κ2) is 109. The van der Waals surface area contributed by atoms with Gasteiger partial charge >= 0.3 is 136 Å². The number of hydrogen-bond acceptors (Lipinski definition) is 24. The summed E-state index contributed by atoms with van der Waals surface area (Å²) in [5.41, 5.74) is -3.03. The second-order valence-corrected chi connectivity index (χ2v) is 24.1. The number of hydrogen-bond donors (Lipinski definition) is 8. The molecule has 0 heterocycles. The Kier molecular flexibility index (Phi) is 168. The molecule has 8 N–H and O–H groups in total. The van der Waals surface area contributed by atoms with Crippen molar-refractivity contribution in [3.63, 3.8) is 0 Å². The van der Waals surface area contributed by atoms with Gasteiger partial charge in [0.2, 0.25) is 0 Å². The zero-order chi connectivity index (χ0) is 114. The topological polar surface area (TPSA) is 509 Å². The lowest BCUT2D eigenvalue weighted by atomic mass is 10.1. The molecule has 904 valence electrons. The Balaban J connectivity index is -0.0000000359. The van der Waals surface area contributed by atoms with Crippen LogP contribution in [0.2, 0.25) is 0 Å². The van der Waals surface area contributed by atoms with Crippen molar-refractivity contribution in [2.24, 2.45) is 0 Å². The summed E-state index contributed by atoms with van der Waals surface area (Å²) in [6.45, 7) is -21.6. The van der Waals surface area contributed by atoms with Crippen LogP contribution in [-0.2, 0) is 121 Å². The molecule has 92 heteroatoms. The van der Waals surface area contributed by atoms with Gasteiger partial charge in [0.25, 0.3) is 20.2 Å². The molecule has 0 aliphatic heterocycles. The SMILES string of the molecule is C.C.C.C.C.C.C.C.CCF.CCF.CCF.CCF.CF.CF.CF.CF.FCC(F)(F)OC(F)(F)C(F)(F)CF.FCC(F)(F)OC(F)(F)C(F)(F)OC(F)(F)CF.FCC(F)(F)OC(F)(F)C(F)(F)OC(F)(F)CF.FCOC(F)(F)CF.FCOCF.FCOCF.O=S(=O)(O)CC(F)(CCF)CS(=O)(=O)O.O=S(=O)(O)F.O=S(=O)(O)F.O=S(=O)(O)F.O=S(=O)(O)F.O=S(=O)(O)F.O=S(=O)(O)F. The minimum Gasteiger partial charge on any atom is -0.319 e. The fourth-order valence-electron chi connectivity index (χ4n) is 2.65. The molecule has 0 aromatic rings. The third kappa shape index (κ3) is 254. The third-order valence-corrected chi connectivity index (χ3v) is 7.36. The normalized spacial score (nSPS) is 11.2. The van der Waals surface area contributed by atoms with Crippen molar-refractivity contribution in [2.45, 2.75) is 172 Å². The van der Waals surface area contributed by atoms with Gasteiger partial charge in [-0.3, -0.25) is 80.7 Å². The average molecular weight is 2450 g/mol. The quantitative estimate of drug-likeness (QED) is 0.0176. The van der Waals surface area contributed by atoms with Crippen LogP contribution in [0.1, 0.15) is 93.5 Å². The minimum atomic E-state index is -6.30. The standard InChI is InChI=1S/2C6H4F10O2.C5H4F8O.C5H10F2O6S2.C3H4F4O.2C2H4F2O.4C2H5F.4CH3F.8CH4.6FHO3S/c2*7-1-3(9,10)17-5(13,14)6(15,16)18-4(11,12)2-8;6-1-3(8,9)5(12,13)14-4(10,11)2-7;6-2-1-5(7,3-14(8,9)10)4-15(11,12)13;4-1-3(6,7)8-2-5;2*3-1-5-2-4;4*1-2-3;4*1-2;;;;;;;;;6*1-5(2,3)4/h2*1-2H2;1-2H2;1-4H2,(H,8,9,10)(H,11,12,13);1-2H2;2*1-2H2;4*2H2,1H3;4*1H3;8*1H4;6*(H,2,3,4). The van der Waals surface area contributed by atoms with E-state index in [9.17, 15) is 242 Å². The molecule has 0 rings (SSSR count). The van der Waals surface area contributed by atoms with E-state index in [1.165, 1.54) is 27.7 Å². The molecule has 0 radical (unpaired) electrons. The van der Waals surface area contributed by atoms with Crippen LogP contribution in [-0.4, -0.2) is 337 Å². The summed E-state index contributed by atoms with van der Waals surface area (Å²) in [6, 6.07) is 0. The largest absolute Gasteiger partial charge is 0.453 e. The summed E-state index contributed by atoms with van der Waals surface area (Å²) in [5.74, 6) is -8.58. The fraction of sp³-hybridized carbons (Fsp3) is 1.00. The summed E-state index contributed by atoms with van der Waals surface area (Å²) in [6.07, 6.45) is -62.5. The summed E-state index contributed by atoms with van der Waals surface area (Å²) in [5, 5.41) is 0. The van der Waals surface area contributed by atoms with Crippen molar-refractivity contribution >= 4 is 83.3 Å². The predicted octanol–water partition coefficient (Wildman–Crippen LogP) is 22.3. The maximum Gasteiger partial charge on any atom is 0.453 e. The molecule has 0 bridgehead atoms. The number of ether oxygens (including phenoxy) is 8. The van der Waals surface area contributed by atoms with E-state index in [2.05, 4.69) is 37.9 Å². The van der Waals surface area contributed by atoms with Crippen molar-refractivity contribution in [3.05, 3.63) is 0 Å². The highest BCUT2D eigenvalue weighted by Gasteiger charge is 2.69. The third-order valence-electron chi connectivity index (χ3n) is 5.59. The van der Waals surface area contributed by atoms with E-state index in [4.69, 9.17) is 86.9 Å². The van der Waals surface area contributed by atoms with E-state index in [1.807, 2.05) is 0 Å². The maximum absolute atomic E-state index is 13.5. The summed E-state index contributed by atoms with van der Waals surface area (Å²) in [7, 11) is -38.6. The van der Waals surface area contributed by atoms with E-state index in [1.54, 1.807) is 0 Å². The van der Waals surface area contributed by atoms with Gasteiger partial charge < -0.3 is 9.47 Å². The first-order valence-electron chi connectivity index (χ1n) is 27.7. The minimum absolute atomic E-state index is 0. The van der Waals surface area contributed by atoms with Crippen molar-refractivity contribution < 1.29 is 367 Å². The van der Waals surface area contributed by atoms with Crippen LogP contribution in [0.4, 0.5) is 225 Å². The Hall–Kier alpha value is -4.68. The van der Waals surface area contributed by atoms with Gasteiger partial charge in [0.05, 0.1) is 62.1 Å². The molecule has 0 saturated carbocycles. The number of halogens is 52. The van der Waals surface area contributed by atoms with Crippen molar-refractivity contribution in [2.75, 3.05) is 155 Å². The van der Waals surface area contributed by atoms with Crippen molar-refractivity contribution in [1.82, 2.24) is 0 Å². The van der Waals surface area contributed by atoms with Gasteiger partial charge in [0.15, 0.2) is 81.0 Å². The van der Waals surface area contributed by atoms with Gasteiger partial charge in [-0.15, -0.1) is 0 Å². The lowest BCUT2D eigenvalue weighted by molar-refractivity contribution is -0.513. The molecular weight excluding hydrogens is 2340 g/mol. The van der Waals surface area contributed by atoms with Crippen LogP contribution >= 0.6 is 0 Å². The van der Waals surface area contributed by atoms with Gasteiger partial charge in [-0.25, -0.2) is 80.8 Å². The highest BCUT2D eigenvalue weighted by Crippen LogP contribution is 2.45. The molecule has 0 aliphatic carbocycles. The Morgan fingerprint density at radius 2 is 0.340 bits per heavy atom. The van der Waals surface area contributed by atoms with Gasteiger partial charge in [0, 0.05) is 6.42 Å². The Bertz CT molecular complexity index is 3080. The van der Waals surface area contributed by atoms with E-state index < -0.39 is 268 Å². The lowest BCUT2D eigenvalue weighted by Crippen LogP contribution is -2.52. The van der Waals surface area contributed by atoms with Crippen LogP contribution in [0.5, 0.6) is 0 Å². The molecule has 0 spiro atoms. The smallest absolute Gasteiger partial charge is 0.319 e. The molecule has 32 nitrogen and oxygen atoms in total. The first kappa shape index (κ1) is 217. The van der Waals surface area contributed by atoms with E-state index in [0.29, 0.717) is 28.7 Å². The van der Waals surface area contributed by atoms with Crippen LogP contribution in [0, 0.1) is 0 Å². The van der Waals surface area contributed by atoms with Crippen LogP contribution < -0.4 is 0 Å². The molecule has 0 unspecified atom stereocenters. The molecule has 0 amide bonds. The van der Waals surface area contributed by atoms with Gasteiger partial charge in [-0.05, 0) is 27.7 Å². The first-order chi connectivity index (χ1) is 58.2. The van der Waals surface area contributed by atoms with E-state index >= 15 is 0 Å². The van der Waals surface area contributed by atoms with Crippen LogP contribution in [0.15, 0.2) is 0 Å². The summed E-state index contributed by atoms with van der Waals surface area (Å²) in [4.78, 5) is 0. The van der Waals surface area contributed by atoms with Crippen LogP contribution in [0.25, 0.3) is 0 Å². The predicted molar refractivity (Wildman–Crippen MR) is 392 cm³/mol. The number of rotatable bonds is 32. The Morgan fingerprint density at radius 1 is 0.220 bits per heavy atom. The first-order valence-corrected chi connectivity index (χ1v) is 39.0. The molecular formula is C49H104F52O32S8. The highest BCUT2D eigenvalue weighted by atomic mass is 32.3. The zero-order valence-electron chi connectivity index (χ0n) is 64.9. The molecule has 0 saturated heterocycles. The zero-order valence-corrected chi connectivity index (χ0v) is 71.5. The molecule has 141 heavy (non-hydrogen) atoms. The highest BCUT2D eigenvalue weighted by molar-refractivity contribution is 7.87. The Labute approximate surface area is 775 Å². The van der Waals surface area contributed by atoms with Gasteiger partial charge in [-0.1, -0.05) is 82.7 Å². The monoisotopic (exact) mass is 2450 g/mol. The molecule has 0 aliphatic rings. The van der Waals surface area contributed by atoms with Crippen molar-refractivity contribution in [3.8, 4) is 0 Å². The fourth-order valence-corrected chi connectivity index (χ4v) is 4.58. The number of alkyl halides is 46. The Morgan fingerprint density at radius 3 is 0.411 bits per heavy atom. The molecule has 0 aromatic carbocycles. The van der Waals surface area contributed by atoms with E-state index in [-0.39, 0.29) is 86.1 Å². The lowest BCUT2D eigenvalue weighted by Gasteiger charge is -2.29. The van der Waals surface area contributed by atoms with Crippen LogP contribution in [0.3, 0.4) is 0 Å². The van der Waals surface area contributed by atoms with E-state index in [0.717, 1.165) is 0 Å². The molecule has 0 aromatic heterocycles. The maximum atomic E-state index is 13.5. The molecule has 0 fully saturated rings. The van der Waals surface area contributed by atoms with Gasteiger partial charge in [-0.2, -0.15) is 173 Å². The second-order valence-electron chi connectivity index (χ2n) is 16.2.